The van der Waals surface area contributed by atoms with E-state index in [1.54, 1.807) is 0 Å². The second kappa shape index (κ2) is 5.41. The molecular formula is C15H14BrN3. The molecule has 0 aliphatic rings. The number of anilines is 2. The van der Waals surface area contributed by atoms with Crippen LogP contribution in [-0.4, -0.2) is 4.98 Å². The summed E-state index contributed by atoms with van der Waals surface area (Å²) < 4.78 is 0.956. The van der Waals surface area contributed by atoms with Gasteiger partial charge in [0.2, 0.25) is 0 Å². The van der Waals surface area contributed by atoms with E-state index in [4.69, 9.17) is 0 Å². The Kier molecular flexibility index (Phi) is 3.87. The summed E-state index contributed by atoms with van der Waals surface area (Å²) in [6.07, 6.45) is 0. The third kappa shape index (κ3) is 2.94. The molecule has 0 unspecified atom stereocenters. The number of hydrogen-bond donors (Lipinski definition) is 1. The molecular weight excluding hydrogens is 302 g/mol. The molecule has 1 aromatic carbocycles. The summed E-state index contributed by atoms with van der Waals surface area (Å²) >= 11 is 3.51. The highest BCUT2D eigenvalue weighted by atomic mass is 79.9. The number of rotatable bonds is 2. The fraction of sp³-hybridized carbons (Fsp3) is 0.200. The van der Waals surface area contributed by atoms with Crippen LogP contribution in [0.5, 0.6) is 0 Å². The predicted octanol–water partition coefficient (Wildman–Crippen LogP) is 4.38. The minimum atomic E-state index is 0.582. The number of nitriles is 1. The van der Waals surface area contributed by atoms with Gasteiger partial charge in [-0.15, -0.1) is 0 Å². The lowest BCUT2D eigenvalue weighted by molar-refractivity contribution is 1.16. The second-order valence-corrected chi connectivity index (χ2v) is 5.38. The molecule has 19 heavy (non-hydrogen) atoms. The van der Waals surface area contributed by atoms with E-state index in [9.17, 15) is 5.26 Å². The van der Waals surface area contributed by atoms with Crippen molar-refractivity contribution >= 4 is 27.4 Å². The van der Waals surface area contributed by atoms with Crippen molar-refractivity contribution in [2.75, 3.05) is 5.32 Å². The molecule has 4 heteroatoms. The lowest BCUT2D eigenvalue weighted by Crippen LogP contribution is -2.01. The zero-order valence-corrected chi connectivity index (χ0v) is 12.7. The van der Waals surface area contributed by atoms with Crippen LogP contribution in [0.25, 0.3) is 0 Å². The first-order valence-corrected chi connectivity index (χ1v) is 6.72. The van der Waals surface area contributed by atoms with Crippen LogP contribution >= 0.6 is 15.9 Å². The monoisotopic (exact) mass is 315 g/mol. The summed E-state index contributed by atoms with van der Waals surface area (Å²) in [5, 5.41) is 12.5. The number of nitrogens with zero attached hydrogens (tertiary/aromatic N) is 2. The first-order valence-electron chi connectivity index (χ1n) is 5.93. The van der Waals surface area contributed by atoms with Gasteiger partial charge in [-0.3, -0.25) is 0 Å². The molecule has 0 spiro atoms. The largest absolute Gasteiger partial charge is 0.338 e. The molecule has 0 saturated heterocycles. The van der Waals surface area contributed by atoms with Crippen molar-refractivity contribution in [1.82, 2.24) is 4.98 Å². The quantitative estimate of drug-likeness (QED) is 0.894. The predicted molar refractivity (Wildman–Crippen MR) is 80.6 cm³/mol. The minimum Gasteiger partial charge on any atom is -0.338 e. The molecule has 2 aromatic rings. The van der Waals surface area contributed by atoms with Crippen molar-refractivity contribution in [2.24, 2.45) is 0 Å². The van der Waals surface area contributed by atoms with Gasteiger partial charge in [0.25, 0.3) is 0 Å². The topological polar surface area (TPSA) is 48.7 Å². The summed E-state index contributed by atoms with van der Waals surface area (Å²) in [4.78, 5) is 4.41. The summed E-state index contributed by atoms with van der Waals surface area (Å²) in [7, 11) is 0. The number of aromatic nitrogens is 1. The molecule has 1 N–H and O–H groups in total. The van der Waals surface area contributed by atoms with Crippen LogP contribution in [0.2, 0.25) is 0 Å². The smallest absolute Gasteiger partial charge is 0.148 e. The zero-order valence-electron chi connectivity index (χ0n) is 11.1. The van der Waals surface area contributed by atoms with Crippen molar-refractivity contribution in [2.45, 2.75) is 20.8 Å². The fourth-order valence-electron chi connectivity index (χ4n) is 1.92. The lowest BCUT2D eigenvalue weighted by Gasteiger charge is -2.12. The van der Waals surface area contributed by atoms with Gasteiger partial charge in [0.15, 0.2) is 0 Å². The van der Waals surface area contributed by atoms with E-state index >= 15 is 0 Å². The van der Waals surface area contributed by atoms with E-state index in [2.05, 4.69) is 32.3 Å². The minimum absolute atomic E-state index is 0.582. The molecule has 0 amide bonds. The van der Waals surface area contributed by atoms with Crippen LogP contribution in [0.15, 0.2) is 28.7 Å². The third-order valence-corrected chi connectivity index (χ3v) is 3.49. The van der Waals surface area contributed by atoms with Gasteiger partial charge in [0, 0.05) is 10.2 Å². The van der Waals surface area contributed by atoms with Crippen molar-refractivity contribution in [3.05, 3.63) is 51.1 Å². The average Bonchev–Trinajstić information content (AvgIpc) is 2.32. The summed E-state index contributed by atoms with van der Waals surface area (Å²) in [6, 6.07) is 10.1. The maximum atomic E-state index is 9.24. The van der Waals surface area contributed by atoms with Crippen molar-refractivity contribution in [3.8, 4) is 6.07 Å². The first kappa shape index (κ1) is 13.6. The molecule has 96 valence electrons. The van der Waals surface area contributed by atoms with E-state index < -0.39 is 0 Å². The highest BCUT2D eigenvalue weighted by molar-refractivity contribution is 9.10. The van der Waals surface area contributed by atoms with Gasteiger partial charge in [-0.05, 0) is 66.0 Å². The maximum absolute atomic E-state index is 9.24. The molecule has 0 bridgehead atoms. The first-order chi connectivity index (χ1) is 9.01. The van der Waals surface area contributed by atoms with Crippen LogP contribution in [-0.2, 0) is 0 Å². The van der Waals surface area contributed by atoms with E-state index in [0.29, 0.717) is 11.4 Å². The Morgan fingerprint density at radius 1 is 1.21 bits per heavy atom. The van der Waals surface area contributed by atoms with Gasteiger partial charge >= 0.3 is 0 Å². The number of hydrogen-bond acceptors (Lipinski definition) is 3. The van der Waals surface area contributed by atoms with E-state index in [1.165, 1.54) is 5.56 Å². The van der Waals surface area contributed by atoms with Crippen molar-refractivity contribution in [3.63, 3.8) is 0 Å². The van der Waals surface area contributed by atoms with E-state index in [-0.39, 0.29) is 0 Å². The van der Waals surface area contributed by atoms with Crippen LogP contribution in [0.1, 0.15) is 22.4 Å². The Balaban J connectivity index is 2.46. The highest BCUT2D eigenvalue weighted by Gasteiger charge is 2.10. The zero-order chi connectivity index (χ0) is 14.0. The number of pyridine rings is 1. The van der Waals surface area contributed by atoms with Crippen LogP contribution in [0.3, 0.4) is 0 Å². The fourth-order valence-corrected chi connectivity index (χ4v) is 2.51. The van der Waals surface area contributed by atoms with Crippen LogP contribution < -0.4 is 5.32 Å². The molecule has 0 aliphatic carbocycles. The summed E-state index contributed by atoms with van der Waals surface area (Å²) in [5.41, 5.74) is 4.48. The van der Waals surface area contributed by atoms with Gasteiger partial charge < -0.3 is 5.32 Å². The number of aryl methyl sites for hydroxylation is 3. The van der Waals surface area contributed by atoms with Gasteiger partial charge in [0.1, 0.15) is 11.9 Å². The summed E-state index contributed by atoms with van der Waals surface area (Å²) in [5.74, 6) is 0.601. The van der Waals surface area contributed by atoms with Gasteiger partial charge in [-0.25, -0.2) is 4.98 Å². The molecule has 0 radical (unpaired) electrons. The third-order valence-electron chi connectivity index (χ3n) is 2.83. The molecule has 1 aromatic heterocycles. The Hall–Kier alpha value is -1.86. The average molecular weight is 316 g/mol. The Labute approximate surface area is 121 Å². The van der Waals surface area contributed by atoms with E-state index in [0.717, 1.165) is 21.4 Å². The Morgan fingerprint density at radius 2 is 1.95 bits per heavy atom. The molecule has 2 rings (SSSR count). The van der Waals surface area contributed by atoms with E-state index in [1.807, 2.05) is 45.0 Å². The SMILES string of the molecule is Cc1ccc(Nc2nc(C)cc(C)c2C#N)c(Br)c1. The van der Waals surface area contributed by atoms with Gasteiger partial charge in [-0.1, -0.05) is 6.07 Å². The number of nitrogens with one attached hydrogen (secondary N) is 1. The van der Waals surface area contributed by atoms with Gasteiger partial charge in [0.05, 0.1) is 11.3 Å². The molecule has 3 nitrogen and oxygen atoms in total. The van der Waals surface area contributed by atoms with Gasteiger partial charge in [-0.2, -0.15) is 5.26 Å². The number of halogens is 1. The summed E-state index contributed by atoms with van der Waals surface area (Å²) in [6.45, 7) is 5.87. The molecule has 1 heterocycles. The Morgan fingerprint density at radius 3 is 2.58 bits per heavy atom. The maximum Gasteiger partial charge on any atom is 0.148 e. The van der Waals surface area contributed by atoms with Crippen LogP contribution in [0.4, 0.5) is 11.5 Å². The molecule has 0 saturated carbocycles. The second-order valence-electron chi connectivity index (χ2n) is 4.52. The normalized spacial score (nSPS) is 10.1. The van der Waals surface area contributed by atoms with Crippen molar-refractivity contribution < 1.29 is 0 Å². The Bertz CT molecular complexity index is 672. The number of benzene rings is 1. The molecule has 0 aliphatic heterocycles. The molecule has 0 fully saturated rings. The van der Waals surface area contributed by atoms with Crippen molar-refractivity contribution in [1.29, 1.82) is 5.26 Å². The highest BCUT2D eigenvalue weighted by Crippen LogP contribution is 2.28. The lowest BCUT2D eigenvalue weighted by atomic mass is 10.1. The van der Waals surface area contributed by atoms with Crippen LogP contribution in [0, 0.1) is 32.1 Å². The molecule has 0 atom stereocenters. The standard InChI is InChI=1S/C15H14BrN3/c1-9-4-5-14(13(16)6-9)19-15-12(8-17)10(2)7-11(3)18-15/h4-7H,1-3H3,(H,18,19).